The first-order valence-electron chi connectivity index (χ1n) is 15.4. The number of hydrogen-bond acceptors (Lipinski definition) is 11. The van der Waals surface area contributed by atoms with E-state index in [-0.39, 0.29) is 57.3 Å². The fraction of sp³-hybridized carbons (Fsp3) is 0.364. The molecule has 250 valence electrons. The van der Waals surface area contributed by atoms with Crippen molar-refractivity contribution in [2.45, 2.75) is 36.2 Å². The standard InChI is InChI=1S/C33H34N6O8S/c1-4-47-30-25(6-5-13-35-30)33(36-32(42)38-19-22(20-38)37-14-11-23(40)12-15-37)26-16-21(18-34)7-9-27(26)39(31(33)41)48(43,44)29-10-8-24(45-2)17-28(29)46-3/h5-10,13,16-17,22H,4,11-12,14-15,19-20H2,1-3H3,(H,36,42)/t33-/m1/s1. The average Bonchev–Trinajstić information content (AvgIpc) is 3.32. The average molecular weight is 675 g/mol. The molecule has 0 saturated carbocycles. The SMILES string of the molecule is CCOc1ncccc1[C@]1(NC(=O)N2CC(N3CCC(=O)CC3)C2)C(=O)N(S(=O)(=O)c2ccc(OC)cc2OC)c2ccc(C#N)cc21. The van der Waals surface area contributed by atoms with Gasteiger partial charge in [-0.15, -0.1) is 0 Å². The van der Waals surface area contributed by atoms with E-state index in [0.29, 0.717) is 49.1 Å². The minimum Gasteiger partial charge on any atom is -0.497 e. The normalized spacial score (nSPS) is 19.7. The maximum Gasteiger partial charge on any atom is 0.318 e. The summed E-state index contributed by atoms with van der Waals surface area (Å²) in [5.74, 6) is -0.547. The highest BCUT2D eigenvalue weighted by atomic mass is 32.2. The highest BCUT2D eigenvalue weighted by Crippen LogP contribution is 2.50. The van der Waals surface area contributed by atoms with Gasteiger partial charge in [-0.3, -0.25) is 14.5 Å². The molecule has 3 aliphatic rings. The fourth-order valence-corrected chi connectivity index (χ4v) is 8.00. The van der Waals surface area contributed by atoms with Crippen molar-refractivity contribution in [2.24, 2.45) is 0 Å². The molecule has 2 saturated heterocycles. The van der Waals surface area contributed by atoms with Crippen LogP contribution in [-0.2, 0) is 25.2 Å². The molecule has 48 heavy (non-hydrogen) atoms. The van der Waals surface area contributed by atoms with Gasteiger partial charge in [0.25, 0.3) is 15.9 Å². The molecule has 2 aromatic carbocycles. The van der Waals surface area contributed by atoms with Crippen LogP contribution in [0.15, 0.2) is 59.6 Å². The number of piperidine rings is 1. The van der Waals surface area contributed by atoms with Crippen molar-refractivity contribution < 1.29 is 37.0 Å². The molecule has 0 aliphatic carbocycles. The second kappa shape index (κ2) is 12.8. The maximum atomic E-state index is 15.0. The van der Waals surface area contributed by atoms with E-state index < -0.39 is 27.5 Å². The zero-order valence-electron chi connectivity index (χ0n) is 26.6. The summed E-state index contributed by atoms with van der Waals surface area (Å²) < 4.78 is 46.1. The van der Waals surface area contributed by atoms with Crippen molar-refractivity contribution >= 4 is 33.4 Å². The molecule has 0 bridgehead atoms. The van der Waals surface area contributed by atoms with Crippen LogP contribution in [0.25, 0.3) is 0 Å². The Morgan fingerprint density at radius 1 is 1.06 bits per heavy atom. The second-order valence-corrected chi connectivity index (χ2v) is 13.3. The van der Waals surface area contributed by atoms with Gasteiger partial charge in [-0.25, -0.2) is 18.2 Å². The van der Waals surface area contributed by atoms with Crippen LogP contribution < -0.4 is 23.8 Å². The Balaban J connectivity index is 1.48. The molecule has 2 fully saturated rings. The van der Waals surface area contributed by atoms with E-state index in [1.54, 1.807) is 13.0 Å². The number of rotatable bonds is 9. The Morgan fingerprint density at radius 3 is 2.48 bits per heavy atom. The lowest BCUT2D eigenvalue weighted by molar-refractivity contribution is -0.122. The van der Waals surface area contributed by atoms with Crippen LogP contribution in [-0.4, -0.2) is 94.0 Å². The molecule has 14 nitrogen and oxygen atoms in total. The Labute approximate surface area is 277 Å². The van der Waals surface area contributed by atoms with Gasteiger partial charge in [0.05, 0.1) is 43.7 Å². The zero-order chi connectivity index (χ0) is 34.2. The largest absolute Gasteiger partial charge is 0.497 e. The number of urea groups is 1. The van der Waals surface area contributed by atoms with Gasteiger partial charge in [-0.05, 0) is 49.4 Å². The van der Waals surface area contributed by atoms with Gasteiger partial charge in [0.15, 0.2) is 5.54 Å². The number of methoxy groups -OCH3 is 2. The number of pyridine rings is 1. The van der Waals surface area contributed by atoms with E-state index in [4.69, 9.17) is 14.2 Å². The van der Waals surface area contributed by atoms with Crippen LogP contribution in [0.3, 0.4) is 0 Å². The summed E-state index contributed by atoms with van der Waals surface area (Å²) in [4.78, 5) is 48.5. The molecule has 1 atom stereocenters. The zero-order valence-corrected chi connectivity index (χ0v) is 27.5. The van der Waals surface area contributed by atoms with Crippen molar-refractivity contribution in [1.29, 1.82) is 5.26 Å². The molecule has 6 rings (SSSR count). The molecule has 0 unspecified atom stereocenters. The highest BCUT2D eigenvalue weighted by Gasteiger charge is 2.59. The molecule has 3 amide bonds. The summed E-state index contributed by atoms with van der Waals surface area (Å²) in [5.41, 5.74) is -1.97. The summed E-state index contributed by atoms with van der Waals surface area (Å²) in [6.07, 6.45) is 2.38. The number of likely N-dealkylation sites (tertiary alicyclic amines) is 2. The molecular weight excluding hydrogens is 640 g/mol. The summed E-state index contributed by atoms with van der Waals surface area (Å²) in [6, 6.07) is 12.8. The number of aromatic nitrogens is 1. The first-order chi connectivity index (χ1) is 23.1. The summed E-state index contributed by atoms with van der Waals surface area (Å²) in [6.45, 7) is 3.78. The van der Waals surface area contributed by atoms with Gasteiger partial charge in [0, 0.05) is 62.9 Å². The van der Waals surface area contributed by atoms with Gasteiger partial charge in [-0.1, -0.05) is 0 Å². The Hall–Kier alpha value is -5.20. The highest BCUT2D eigenvalue weighted by molar-refractivity contribution is 7.93. The van der Waals surface area contributed by atoms with Gasteiger partial charge in [0.1, 0.15) is 22.2 Å². The van der Waals surface area contributed by atoms with E-state index in [2.05, 4.69) is 15.2 Å². The van der Waals surface area contributed by atoms with Crippen molar-refractivity contribution in [3.05, 3.63) is 71.4 Å². The van der Waals surface area contributed by atoms with E-state index in [1.807, 2.05) is 6.07 Å². The number of nitrogens with one attached hydrogen (secondary N) is 1. The lowest BCUT2D eigenvalue weighted by Crippen LogP contribution is -2.66. The van der Waals surface area contributed by atoms with Crippen molar-refractivity contribution in [2.75, 3.05) is 51.3 Å². The molecule has 1 N–H and O–H groups in total. The number of carbonyl (C=O) groups excluding carboxylic acids is 3. The summed E-state index contributed by atoms with van der Waals surface area (Å²) >= 11 is 0. The molecular formula is C33H34N6O8S. The number of sulfonamides is 1. The second-order valence-electron chi connectivity index (χ2n) is 11.5. The number of benzene rings is 2. The van der Waals surface area contributed by atoms with Gasteiger partial charge in [0.2, 0.25) is 5.88 Å². The van der Waals surface area contributed by atoms with E-state index in [1.165, 1.54) is 67.8 Å². The molecule has 15 heteroatoms. The van der Waals surface area contributed by atoms with Crippen LogP contribution in [0.4, 0.5) is 10.5 Å². The van der Waals surface area contributed by atoms with Crippen LogP contribution in [0.5, 0.6) is 17.4 Å². The molecule has 3 aromatic rings. The van der Waals surface area contributed by atoms with Crippen molar-refractivity contribution in [1.82, 2.24) is 20.1 Å². The maximum absolute atomic E-state index is 15.0. The number of ketones is 1. The van der Waals surface area contributed by atoms with Crippen LogP contribution in [0, 0.1) is 11.3 Å². The van der Waals surface area contributed by atoms with Gasteiger partial charge < -0.3 is 24.4 Å². The van der Waals surface area contributed by atoms with Crippen LogP contribution in [0.2, 0.25) is 0 Å². The first kappa shape index (κ1) is 32.7. The smallest absolute Gasteiger partial charge is 0.318 e. The minimum atomic E-state index is -4.71. The molecule has 4 heterocycles. The minimum absolute atomic E-state index is 0.00251. The number of nitrogens with zero attached hydrogens (tertiary/aromatic N) is 5. The van der Waals surface area contributed by atoms with Crippen LogP contribution >= 0.6 is 0 Å². The van der Waals surface area contributed by atoms with Gasteiger partial charge >= 0.3 is 6.03 Å². The number of nitriles is 1. The predicted molar refractivity (Wildman–Crippen MR) is 171 cm³/mol. The predicted octanol–water partition coefficient (Wildman–Crippen LogP) is 2.41. The van der Waals surface area contributed by atoms with E-state index >= 15 is 4.79 Å². The first-order valence-corrected chi connectivity index (χ1v) is 16.8. The van der Waals surface area contributed by atoms with E-state index in [0.717, 1.165) is 0 Å². The van der Waals surface area contributed by atoms with Crippen molar-refractivity contribution in [3.8, 4) is 23.4 Å². The number of anilines is 1. The topological polar surface area (TPSA) is 171 Å². The third-order valence-corrected chi connectivity index (χ3v) is 10.7. The third kappa shape index (κ3) is 5.36. The van der Waals surface area contributed by atoms with Crippen molar-refractivity contribution in [3.63, 3.8) is 0 Å². The molecule has 0 spiro atoms. The fourth-order valence-electron chi connectivity index (χ4n) is 6.39. The van der Waals surface area contributed by atoms with E-state index in [9.17, 15) is 23.3 Å². The Morgan fingerprint density at radius 2 is 1.81 bits per heavy atom. The number of Topliss-reactive ketones (excluding diaryl/α,β-unsaturated/α-hetero) is 1. The van der Waals surface area contributed by atoms with Gasteiger partial charge in [-0.2, -0.15) is 9.57 Å². The Kier molecular flexibility index (Phi) is 8.71. The third-order valence-electron chi connectivity index (χ3n) is 8.92. The summed E-state index contributed by atoms with van der Waals surface area (Å²) in [7, 11) is -1.99. The van der Waals surface area contributed by atoms with Crippen LogP contribution in [0.1, 0.15) is 36.5 Å². The summed E-state index contributed by atoms with van der Waals surface area (Å²) in [5, 5.41) is 12.7. The number of carbonyl (C=O) groups is 3. The lowest BCUT2D eigenvalue weighted by Gasteiger charge is -2.47. The molecule has 0 radical (unpaired) electrons. The Bertz CT molecular complexity index is 1930. The number of hydrogen-bond donors (Lipinski definition) is 1. The molecule has 1 aromatic heterocycles. The number of fused-ring (bicyclic) bond motifs is 1. The monoisotopic (exact) mass is 674 g/mol. The molecule has 3 aliphatic heterocycles. The number of ether oxygens (including phenoxy) is 3. The lowest BCUT2D eigenvalue weighted by atomic mass is 9.83. The number of amides is 3. The quantitative estimate of drug-likeness (QED) is 0.353.